The van der Waals surface area contributed by atoms with Crippen molar-refractivity contribution in [3.63, 3.8) is 0 Å². The van der Waals surface area contributed by atoms with Gasteiger partial charge in [-0.1, -0.05) is 12.8 Å². The van der Waals surface area contributed by atoms with E-state index in [0.29, 0.717) is 33.9 Å². The van der Waals surface area contributed by atoms with Crippen molar-refractivity contribution in [3.8, 4) is 0 Å². The Labute approximate surface area is 162 Å². The van der Waals surface area contributed by atoms with Gasteiger partial charge in [0.25, 0.3) is 0 Å². The number of hydrogen-bond donors (Lipinski definition) is 2. The van der Waals surface area contributed by atoms with E-state index in [4.69, 9.17) is 5.73 Å². The van der Waals surface area contributed by atoms with E-state index in [1.165, 1.54) is 6.33 Å². The lowest BCUT2D eigenvalue weighted by Crippen LogP contribution is -2.09. The van der Waals surface area contributed by atoms with Crippen molar-refractivity contribution in [1.29, 1.82) is 0 Å². The standard InChI is InChI=1S/C19H21N5O3S/c1-28(26,27)23-13-8-6-12(7-9-13)17(25)15-10-24(14-4-2-3-5-14)19-16(15)18(20)21-11-22-19/h6-11,14,23H,2-5H2,1H3,(H2,20,21,22). The number of carbonyl (C=O) groups is 1. The summed E-state index contributed by atoms with van der Waals surface area (Å²) >= 11 is 0. The molecule has 0 saturated heterocycles. The molecule has 1 aliphatic rings. The van der Waals surface area contributed by atoms with Gasteiger partial charge in [0.2, 0.25) is 10.0 Å². The third kappa shape index (κ3) is 3.45. The zero-order chi connectivity index (χ0) is 19.9. The van der Waals surface area contributed by atoms with Crippen LogP contribution >= 0.6 is 0 Å². The zero-order valence-electron chi connectivity index (χ0n) is 15.4. The fourth-order valence-corrected chi connectivity index (χ4v) is 4.36. The smallest absolute Gasteiger partial charge is 0.229 e. The van der Waals surface area contributed by atoms with Gasteiger partial charge in [-0.3, -0.25) is 9.52 Å². The number of carbonyl (C=O) groups excluding carboxylic acids is 1. The average Bonchev–Trinajstić information content (AvgIpc) is 3.28. The van der Waals surface area contributed by atoms with Crippen LogP contribution < -0.4 is 10.5 Å². The Morgan fingerprint density at radius 2 is 1.86 bits per heavy atom. The SMILES string of the molecule is CS(=O)(=O)Nc1ccc(C(=O)c2cn(C3CCCC3)c3ncnc(N)c23)cc1. The number of nitrogen functional groups attached to an aromatic ring is 1. The van der Waals surface area contributed by atoms with Crippen LogP contribution in [-0.2, 0) is 10.0 Å². The molecule has 0 bridgehead atoms. The predicted molar refractivity (Wildman–Crippen MR) is 108 cm³/mol. The summed E-state index contributed by atoms with van der Waals surface area (Å²) in [6, 6.07) is 6.61. The topological polar surface area (TPSA) is 120 Å². The van der Waals surface area contributed by atoms with Crippen LogP contribution in [0.3, 0.4) is 0 Å². The highest BCUT2D eigenvalue weighted by atomic mass is 32.2. The number of nitrogens with one attached hydrogen (secondary N) is 1. The molecule has 1 aromatic carbocycles. The first-order chi connectivity index (χ1) is 13.3. The van der Waals surface area contributed by atoms with Crippen molar-refractivity contribution >= 4 is 38.3 Å². The Balaban J connectivity index is 1.75. The molecule has 1 fully saturated rings. The predicted octanol–water partition coefficient (Wildman–Crippen LogP) is 2.73. The number of anilines is 2. The minimum Gasteiger partial charge on any atom is -0.383 e. The number of sulfonamides is 1. The Kier molecular flexibility index (Phi) is 4.54. The van der Waals surface area contributed by atoms with E-state index in [1.807, 2.05) is 10.8 Å². The van der Waals surface area contributed by atoms with Crippen LogP contribution in [-0.4, -0.2) is 35.0 Å². The van der Waals surface area contributed by atoms with Gasteiger partial charge in [-0.25, -0.2) is 18.4 Å². The van der Waals surface area contributed by atoms with E-state index >= 15 is 0 Å². The van der Waals surface area contributed by atoms with Gasteiger partial charge in [0.1, 0.15) is 17.8 Å². The first-order valence-electron chi connectivity index (χ1n) is 9.07. The van der Waals surface area contributed by atoms with Gasteiger partial charge in [-0.15, -0.1) is 0 Å². The monoisotopic (exact) mass is 399 g/mol. The quantitative estimate of drug-likeness (QED) is 0.637. The van der Waals surface area contributed by atoms with Crippen molar-refractivity contribution in [2.45, 2.75) is 31.7 Å². The molecule has 9 heteroatoms. The van der Waals surface area contributed by atoms with Crippen LogP contribution in [0, 0.1) is 0 Å². The normalized spacial score (nSPS) is 15.2. The molecule has 0 amide bonds. The lowest BCUT2D eigenvalue weighted by atomic mass is 10.0. The van der Waals surface area contributed by atoms with Crippen LogP contribution in [0.2, 0.25) is 0 Å². The summed E-state index contributed by atoms with van der Waals surface area (Å²) in [6.45, 7) is 0. The lowest BCUT2D eigenvalue weighted by Gasteiger charge is -2.12. The van der Waals surface area contributed by atoms with Gasteiger partial charge >= 0.3 is 0 Å². The minimum atomic E-state index is -3.37. The highest BCUT2D eigenvalue weighted by Gasteiger charge is 2.25. The van der Waals surface area contributed by atoms with Gasteiger partial charge < -0.3 is 10.3 Å². The van der Waals surface area contributed by atoms with Crippen LogP contribution in [0.15, 0.2) is 36.8 Å². The van der Waals surface area contributed by atoms with E-state index in [0.717, 1.165) is 31.9 Å². The molecule has 0 unspecified atom stereocenters. The van der Waals surface area contributed by atoms with Crippen LogP contribution in [0.1, 0.15) is 47.6 Å². The molecule has 28 heavy (non-hydrogen) atoms. The van der Waals surface area contributed by atoms with Crippen LogP contribution in [0.5, 0.6) is 0 Å². The van der Waals surface area contributed by atoms with E-state index in [1.54, 1.807) is 24.3 Å². The van der Waals surface area contributed by atoms with Crippen molar-refractivity contribution in [2.75, 3.05) is 16.7 Å². The maximum atomic E-state index is 13.2. The first kappa shape index (κ1) is 18.4. The summed E-state index contributed by atoms with van der Waals surface area (Å²) in [5.41, 5.74) is 8.06. The molecule has 2 aromatic heterocycles. The Morgan fingerprint density at radius 3 is 2.50 bits per heavy atom. The molecular formula is C19H21N5O3S. The van der Waals surface area contributed by atoms with Gasteiger partial charge in [-0.2, -0.15) is 0 Å². The van der Waals surface area contributed by atoms with Crippen LogP contribution in [0.4, 0.5) is 11.5 Å². The molecule has 3 aromatic rings. The molecule has 146 valence electrons. The molecule has 1 aliphatic carbocycles. The van der Waals surface area contributed by atoms with Crippen molar-refractivity contribution in [3.05, 3.63) is 47.9 Å². The average molecular weight is 399 g/mol. The molecule has 8 nitrogen and oxygen atoms in total. The molecule has 4 rings (SSSR count). The lowest BCUT2D eigenvalue weighted by molar-refractivity contribution is 0.104. The fourth-order valence-electron chi connectivity index (χ4n) is 3.80. The van der Waals surface area contributed by atoms with E-state index in [-0.39, 0.29) is 11.6 Å². The number of nitrogens with two attached hydrogens (primary N) is 1. The second-order valence-electron chi connectivity index (χ2n) is 7.13. The zero-order valence-corrected chi connectivity index (χ0v) is 16.2. The molecule has 0 aliphatic heterocycles. The highest BCUT2D eigenvalue weighted by molar-refractivity contribution is 7.92. The maximum absolute atomic E-state index is 13.2. The summed E-state index contributed by atoms with van der Waals surface area (Å²) in [4.78, 5) is 21.6. The fraction of sp³-hybridized carbons (Fsp3) is 0.316. The second kappa shape index (κ2) is 6.90. The number of benzene rings is 1. The molecule has 0 spiro atoms. The Morgan fingerprint density at radius 1 is 1.18 bits per heavy atom. The number of rotatable bonds is 5. The summed E-state index contributed by atoms with van der Waals surface area (Å²) in [5.74, 6) is 0.0783. The van der Waals surface area contributed by atoms with E-state index in [2.05, 4.69) is 14.7 Å². The van der Waals surface area contributed by atoms with Crippen molar-refractivity contribution < 1.29 is 13.2 Å². The first-order valence-corrected chi connectivity index (χ1v) is 11.0. The summed E-state index contributed by atoms with van der Waals surface area (Å²) in [5, 5.41) is 0.567. The summed E-state index contributed by atoms with van der Waals surface area (Å²) in [7, 11) is -3.37. The van der Waals surface area contributed by atoms with E-state index in [9.17, 15) is 13.2 Å². The van der Waals surface area contributed by atoms with Gasteiger partial charge in [0.15, 0.2) is 5.78 Å². The minimum absolute atomic E-state index is 0.200. The molecule has 0 atom stereocenters. The van der Waals surface area contributed by atoms with Crippen molar-refractivity contribution in [2.24, 2.45) is 0 Å². The molecule has 0 radical (unpaired) electrons. The Bertz CT molecular complexity index is 1150. The third-order valence-corrected chi connectivity index (χ3v) is 5.66. The van der Waals surface area contributed by atoms with Gasteiger partial charge in [0, 0.05) is 23.5 Å². The van der Waals surface area contributed by atoms with E-state index < -0.39 is 10.0 Å². The van der Waals surface area contributed by atoms with Crippen LogP contribution in [0.25, 0.3) is 11.0 Å². The van der Waals surface area contributed by atoms with Gasteiger partial charge in [0.05, 0.1) is 17.2 Å². The number of fused-ring (bicyclic) bond motifs is 1. The third-order valence-electron chi connectivity index (χ3n) is 5.05. The molecule has 3 N–H and O–H groups in total. The number of nitrogens with zero attached hydrogens (tertiary/aromatic N) is 3. The number of aromatic nitrogens is 3. The Hall–Kier alpha value is -2.94. The van der Waals surface area contributed by atoms with Gasteiger partial charge in [-0.05, 0) is 37.1 Å². The second-order valence-corrected chi connectivity index (χ2v) is 8.87. The number of ketones is 1. The summed E-state index contributed by atoms with van der Waals surface area (Å²) in [6.07, 6.45) is 8.73. The highest BCUT2D eigenvalue weighted by Crippen LogP contribution is 2.35. The molecule has 2 heterocycles. The van der Waals surface area contributed by atoms with Crippen molar-refractivity contribution in [1.82, 2.24) is 14.5 Å². The maximum Gasteiger partial charge on any atom is 0.229 e. The number of hydrogen-bond acceptors (Lipinski definition) is 6. The summed E-state index contributed by atoms with van der Waals surface area (Å²) < 4.78 is 27.1. The largest absolute Gasteiger partial charge is 0.383 e. The molecular weight excluding hydrogens is 378 g/mol. The molecule has 1 saturated carbocycles.